The predicted molar refractivity (Wildman–Crippen MR) is 85.0 cm³/mol. The number of ether oxygens (including phenoxy) is 2. The van der Waals surface area contributed by atoms with Gasteiger partial charge in [-0.1, -0.05) is 0 Å². The first-order valence-electron chi connectivity index (χ1n) is 6.79. The molecule has 0 aromatic carbocycles. The lowest BCUT2D eigenvalue weighted by molar-refractivity contribution is 0.0523. The number of pyridine rings is 1. The van der Waals surface area contributed by atoms with E-state index in [9.17, 15) is 4.79 Å². The van der Waals surface area contributed by atoms with Gasteiger partial charge in [0, 0.05) is 11.6 Å². The van der Waals surface area contributed by atoms with Gasteiger partial charge < -0.3 is 14.8 Å². The lowest BCUT2D eigenvalue weighted by Crippen LogP contribution is -2.32. The van der Waals surface area contributed by atoms with Crippen LogP contribution in [0.25, 0.3) is 11.3 Å². The fourth-order valence-electron chi connectivity index (χ4n) is 1.73. The van der Waals surface area contributed by atoms with Crippen molar-refractivity contribution >= 4 is 17.4 Å². The number of carbonyl (C=O) groups excluding carboxylic acids is 1. The minimum atomic E-state index is -0.513. The van der Waals surface area contributed by atoms with Gasteiger partial charge in [-0.05, 0) is 32.9 Å². The molecule has 0 fully saturated rings. The van der Waals surface area contributed by atoms with Gasteiger partial charge in [-0.25, -0.2) is 14.8 Å². The van der Waals surface area contributed by atoms with Gasteiger partial charge >= 0.3 is 6.09 Å². The fourth-order valence-corrected chi connectivity index (χ4v) is 2.46. The molecule has 1 amide bonds. The molecule has 0 spiro atoms. The van der Waals surface area contributed by atoms with Crippen molar-refractivity contribution in [2.45, 2.75) is 32.9 Å². The highest BCUT2D eigenvalue weighted by Gasteiger charge is 2.16. The first-order valence-corrected chi connectivity index (χ1v) is 7.67. The second-order valence-corrected chi connectivity index (χ2v) is 6.48. The Bertz CT molecular complexity index is 649. The molecule has 118 valence electrons. The van der Waals surface area contributed by atoms with Crippen molar-refractivity contribution in [3.8, 4) is 17.1 Å². The molecule has 0 radical (unpaired) electrons. The first kappa shape index (κ1) is 16.2. The second-order valence-electron chi connectivity index (χ2n) is 5.54. The van der Waals surface area contributed by atoms with E-state index in [-0.39, 0.29) is 0 Å². The Kier molecular flexibility index (Phi) is 4.97. The fraction of sp³-hybridized carbons (Fsp3) is 0.400. The van der Waals surface area contributed by atoms with Gasteiger partial charge in [0.25, 0.3) is 0 Å². The number of hydrogen-bond acceptors (Lipinski definition) is 6. The summed E-state index contributed by atoms with van der Waals surface area (Å²) in [5, 5.41) is 5.38. The van der Waals surface area contributed by atoms with E-state index < -0.39 is 11.7 Å². The number of nitrogens with zero attached hydrogens (tertiary/aromatic N) is 2. The molecule has 0 saturated heterocycles. The molecule has 2 rings (SSSR count). The monoisotopic (exact) mass is 321 g/mol. The average molecular weight is 321 g/mol. The maximum Gasteiger partial charge on any atom is 0.408 e. The number of carbonyl (C=O) groups is 1. The van der Waals surface area contributed by atoms with E-state index in [1.165, 1.54) is 11.3 Å². The summed E-state index contributed by atoms with van der Waals surface area (Å²) in [6.07, 6.45) is 1.21. The molecule has 2 heterocycles. The van der Waals surface area contributed by atoms with Gasteiger partial charge in [-0.3, -0.25) is 0 Å². The summed E-state index contributed by atoms with van der Waals surface area (Å²) in [6.45, 7) is 5.79. The van der Waals surface area contributed by atoms with Crippen molar-refractivity contribution in [3.63, 3.8) is 0 Å². The molecule has 0 saturated carbocycles. The van der Waals surface area contributed by atoms with Crippen molar-refractivity contribution in [3.05, 3.63) is 28.7 Å². The number of thiazole rings is 1. The minimum absolute atomic E-state index is 0.322. The molecule has 2 aromatic heterocycles. The Hall–Kier alpha value is -2.15. The highest BCUT2D eigenvalue weighted by Crippen LogP contribution is 2.28. The number of aromatic nitrogens is 2. The summed E-state index contributed by atoms with van der Waals surface area (Å²) in [7, 11) is 1.57. The van der Waals surface area contributed by atoms with Crippen LogP contribution in [0.3, 0.4) is 0 Å². The van der Waals surface area contributed by atoms with E-state index in [0.29, 0.717) is 12.4 Å². The number of nitrogens with one attached hydrogen (secondary N) is 1. The van der Waals surface area contributed by atoms with Crippen molar-refractivity contribution in [1.29, 1.82) is 0 Å². The second kappa shape index (κ2) is 6.74. The Morgan fingerprint density at radius 2 is 2.18 bits per heavy atom. The molecular weight excluding hydrogens is 302 g/mol. The zero-order chi connectivity index (χ0) is 16.2. The molecule has 0 aliphatic heterocycles. The molecular formula is C15H19N3O3S. The van der Waals surface area contributed by atoms with Crippen LogP contribution in [0.5, 0.6) is 5.88 Å². The van der Waals surface area contributed by atoms with E-state index in [0.717, 1.165) is 16.3 Å². The van der Waals surface area contributed by atoms with Gasteiger partial charge in [0.2, 0.25) is 5.88 Å². The zero-order valence-electron chi connectivity index (χ0n) is 13.0. The van der Waals surface area contributed by atoms with Crippen LogP contribution in [0.1, 0.15) is 25.8 Å². The molecule has 0 aliphatic rings. The summed E-state index contributed by atoms with van der Waals surface area (Å²) >= 11 is 1.46. The standard InChI is InChI=1S/C15H19N3O3S/c1-15(2,3)21-14(19)17-8-12-18-11(9-22-12)10-6-5-7-16-13(10)20-4/h5-7,9H,8H2,1-4H3,(H,17,19). The van der Waals surface area contributed by atoms with Crippen molar-refractivity contribution in [1.82, 2.24) is 15.3 Å². The third-order valence-electron chi connectivity index (χ3n) is 2.58. The predicted octanol–water partition coefficient (Wildman–Crippen LogP) is 3.24. The molecule has 0 bridgehead atoms. The summed E-state index contributed by atoms with van der Waals surface area (Å²) in [5.74, 6) is 0.527. The smallest absolute Gasteiger partial charge is 0.408 e. The minimum Gasteiger partial charge on any atom is -0.481 e. The third kappa shape index (κ3) is 4.42. The highest BCUT2D eigenvalue weighted by molar-refractivity contribution is 7.09. The number of alkyl carbamates (subject to hydrolysis) is 1. The first-order chi connectivity index (χ1) is 10.4. The van der Waals surface area contributed by atoms with Crippen LogP contribution < -0.4 is 10.1 Å². The molecule has 2 aromatic rings. The van der Waals surface area contributed by atoms with E-state index in [4.69, 9.17) is 9.47 Å². The molecule has 22 heavy (non-hydrogen) atoms. The maximum atomic E-state index is 11.6. The highest BCUT2D eigenvalue weighted by atomic mass is 32.1. The Labute approximate surface area is 133 Å². The lowest BCUT2D eigenvalue weighted by Gasteiger charge is -2.19. The van der Waals surface area contributed by atoms with Crippen LogP contribution in [-0.4, -0.2) is 28.8 Å². The number of methoxy groups -OCH3 is 1. The van der Waals surface area contributed by atoms with E-state index in [2.05, 4.69) is 15.3 Å². The quantitative estimate of drug-likeness (QED) is 0.936. The van der Waals surface area contributed by atoms with Gasteiger partial charge in [-0.15, -0.1) is 11.3 Å². The van der Waals surface area contributed by atoms with E-state index in [1.54, 1.807) is 13.3 Å². The topological polar surface area (TPSA) is 73.3 Å². The maximum absolute atomic E-state index is 11.6. The molecule has 0 aliphatic carbocycles. The average Bonchev–Trinajstić information content (AvgIpc) is 2.92. The van der Waals surface area contributed by atoms with Crippen LogP contribution >= 0.6 is 11.3 Å². The summed E-state index contributed by atoms with van der Waals surface area (Å²) < 4.78 is 10.4. The van der Waals surface area contributed by atoms with E-state index >= 15 is 0 Å². The SMILES string of the molecule is COc1ncccc1-c1csc(CNC(=O)OC(C)(C)C)n1. The Balaban J connectivity index is 2.02. The van der Waals surface area contributed by atoms with Gasteiger partial charge in [0.05, 0.1) is 24.9 Å². The number of hydrogen-bond donors (Lipinski definition) is 1. The lowest BCUT2D eigenvalue weighted by atomic mass is 10.2. The largest absolute Gasteiger partial charge is 0.481 e. The molecule has 0 atom stereocenters. The van der Waals surface area contributed by atoms with Crippen LogP contribution in [0, 0.1) is 0 Å². The molecule has 6 nitrogen and oxygen atoms in total. The summed E-state index contributed by atoms with van der Waals surface area (Å²) in [5.41, 5.74) is 1.09. The molecule has 0 unspecified atom stereocenters. The van der Waals surface area contributed by atoms with Gasteiger partial charge in [0.15, 0.2) is 0 Å². The zero-order valence-corrected chi connectivity index (χ0v) is 13.9. The van der Waals surface area contributed by atoms with Crippen LogP contribution in [0.15, 0.2) is 23.7 Å². The van der Waals surface area contributed by atoms with Gasteiger partial charge in [0.1, 0.15) is 10.6 Å². The van der Waals surface area contributed by atoms with Crippen molar-refractivity contribution < 1.29 is 14.3 Å². The summed E-state index contributed by atoms with van der Waals surface area (Å²) in [6, 6.07) is 3.72. The van der Waals surface area contributed by atoms with Crippen LogP contribution in [-0.2, 0) is 11.3 Å². The number of rotatable bonds is 4. The Morgan fingerprint density at radius 1 is 1.41 bits per heavy atom. The van der Waals surface area contributed by atoms with Crippen LogP contribution in [0.2, 0.25) is 0 Å². The summed E-state index contributed by atoms with van der Waals surface area (Å²) in [4.78, 5) is 20.3. The normalized spacial score (nSPS) is 11.1. The number of amides is 1. The molecule has 7 heteroatoms. The van der Waals surface area contributed by atoms with Crippen molar-refractivity contribution in [2.24, 2.45) is 0 Å². The van der Waals surface area contributed by atoms with Gasteiger partial charge in [-0.2, -0.15) is 0 Å². The molecule has 1 N–H and O–H groups in total. The van der Waals surface area contributed by atoms with Crippen LogP contribution in [0.4, 0.5) is 4.79 Å². The van der Waals surface area contributed by atoms with E-state index in [1.807, 2.05) is 38.3 Å². The third-order valence-corrected chi connectivity index (χ3v) is 3.42. The van der Waals surface area contributed by atoms with Crippen molar-refractivity contribution in [2.75, 3.05) is 7.11 Å². The Morgan fingerprint density at radius 3 is 2.86 bits per heavy atom.